The van der Waals surface area contributed by atoms with E-state index in [9.17, 15) is 18.8 Å². The molecule has 0 aliphatic carbocycles. The highest BCUT2D eigenvalue weighted by atomic mass is 19.1. The van der Waals surface area contributed by atoms with Gasteiger partial charge in [-0.15, -0.1) is 0 Å². The lowest BCUT2D eigenvalue weighted by atomic mass is 10.1. The summed E-state index contributed by atoms with van der Waals surface area (Å²) < 4.78 is 18.0. The van der Waals surface area contributed by atoms with Crippen molar-refractivity contribution in [3.8, 4) is 0 Å². The Hall–Kier alpha value is -3.02. The van der Waals surface area contributed by atoms with Gasteiger partial charge >= 0.3 is 5.97 Å². The highest BCUT2D eigenvalue weighted by Crippen LogP contribution is 2.29. The molecule has 0 bridgehead atoms. The van der Waals surface area contributed by atoms with E-state index in [0.717, 1.165) is 16.8 Å². The number of carbonyl (C=O) groups is 3. The smallest absolute Gasteiger partial charge is 0.311 e. The number of anilines is 1. The first-order valence-corrected chi connectivity index (χ1v) is 8.68. The van der Waals surface area contributed by atoms with Crippen LogP contribution in [0.1, 0.15) is 27.9 Å². The Morgan fingerprint density at radius 1 is 1.15 bits per heavy atom. The Bertz CT molecular complexity index is 892. The highest BCUT2D eigenvalue weighted by molar-refractivity contribution is 6.01. The lowest BCUT2D eigenvalue weighted by Crippen LogP contribution is -2.27. The molecule has 1 fully saturated rings. The molecule has 1 saturated heterocycles. The van der Waals surface area contributed by atoms with Gasteiger partial charge in [0.05, 0.1) is 5.92 Å². The Kier molecular flexibility index (Phi) is 5.35. The highest BCUT2D eigenvalue weighted by Gasteiger charge is 2.36. The molecule has 0 saturated carbocycles. The number of hydrogen-bond acceptors (Lipinski definition) is 4. The number of ketones is 1. The van der Waals surface area contributed by atoms with Crippen LogP contribution in [-0.4, -0.2) is 30.8 Å². The average Bonchev–Trinajstić information content (AvgIpc) is 3.03. The van der Waals surface area contributed by atoms with Crippen molar-refractivity contribution in [1.29, 1.82) is 0 Å². The molecule has 0 N–H and O–H groups in total. The summed E-state index contributed by atoms with van der Waals surface area (Å²) in [5.74, 6) is -2.20. The molecular weight excluding hydrogens is 349 g/mol. The number of amides is 1. The second-order valence-corrected chi connectivity index (χ2v) is 6.73. The zero-order valence-corrected chi connectivity index (χ0v) is 15.2. The van der Waals surface area contributed by atoms with Gasteiger partial charge in [0, 0.05) is 24.2 Å². The van der Waals surface area contributed by atoms with Gasteiger partial charge in [0.1, 0.15) is 5.82 Å². The van der Waals surface area contributed by atoms with Crippen molar-refractivity contribution in [2.45, 2.75) is 20.3 Å². The van der Waals surface area contributed by atoms with Crippen LogP contribution in [0.15, 0.2) is 42.5 Å². The van der Waals surface area contributed by atoms with Gasteiger partial charge in [-0.2, -0.15) is 0 Å². The molecule has 1 amide bonds. The standard InChI is InChI=1S/C21H20FNO4/c1-13-3-4-14(2)18(9-13)23-11-16(10-20(23)25)21(26)27-12-19(24)15-5-7-17(22)8-6-15/h3-9,16H,10-12H2,1-2H3. The van der Waals surface area contributed by atoms with Crippen molar-refractivity contribution in [1.82, 2.24) is 0 Å². The first-order chi connectivity index (χ1) is 12.8. The second kappa shape index (κ2) is 7.70. The van der Waals surface area contributed by atoms with E-state index in [0.29, 0.717) is 0 Å². The average molecular weight is 369 g/mol. The molecule has 140 valence electrons. The number of nitrogens with zero attached hydrogens (tertiary/aromatic N) is 1. The summed E-state index contributed by atoms with van der Waals surface area (Å²) in [5.41, 5.74) is 3.04. The van der Waals surface area contributed by atoms with Crippen molar-refractivity contribution in [2.75, 3.05) is 18.1 Å². The monoisotopic (exact) mass is 369 g/mol. The maximum Gasteiger partial charge on any atom is 0.311 e. The van der Waals surface area contributed by atoms with Gasteiger partial charge in [0.15, 0.2) is 12.4 Å². The van der Waals surface area contributed by atoms with E-state index in [1.165, 1.54) is 24.3 Å². The van der Waals surface area contributed by atoms with E-state index in [1.807, 2.05) is 32.0 Å². The number of benzene rings is 2. The summed E-state index contributed by atoms with van der Waals surface area (Å²) >= 11 is 0. The molecule has 2 aromatic rings. The fraction of sp³-hybridized carbons (Fsp3) is 0.286. The predicted molar refractivity (Wildman–Crippen MR) is 98.1 cm³/mol. The number of ether oxygens (including phenoxy) is 1. The van der Waals surface area contributed by atoms with E-state index < -0.39 is 30.1 Å². The number of Topliss-reactive ketones (excluding diaryl/α,β-unsaturated/α-hetero) is 1. The maximum atomic E-state index is 12.9. The van der Waals surface area contributed by atoms with Crippen molar-refractivity contribution in [3.05, 3.63) is 65.0 Å². The summed E-state index contributed by atoms with van der Waals surface area (Å²) in [6, 6.07) is 10.8. The van der Waals surface area contributed by atoms with Crippen LogP contribution in [-0.2, 0) is 14.3 Å². The van der Waals surface area contributed by atoms with Crippen molar-refractivity contribution in [3.63, 3.8) is 0 Å². The van der Waals surface area contributed by atoms with Gasteiger partial charge in [0.2, 0.25) is 5.91 Å². The molecular formula is C21H20FNO4. The Morgan fingerprint density at radius 3 is 2.56 bits per heavy atom. The van der Waals surface area contributed by atoms with Gasteiger partial charge in [-0.05, 0) is 55.3 Å². The molecule has 0 aromatic heterocycles. The van der Waals surface area contributed by atoms with E-state index in [4.69, 9.17) is 4.74 Å². The molecule has 1 aliphatic rings. The van der Waals surface area contributed by atoms with Crippen LogP contribution in [0, 0.1) is 25.6 Å². The van der Waals surface area contributed by atoms with Gasteiger partial charge in [-0.1, -0.05) is 12.1 Å². The molecule has 1 heterocycles. The lowest BCUT2D eigenvalue weighted by Gasteiger charge is -2.19. The van der Waals surface area contributed by atoms with Crippen LogP contribution >= 0.6 is 0 Å². The topological polar surface area (TPSA) is 63.7 Å². The third-order valence-corrected chi connectivity index (χ3v) is 4.63. The molecule has 3 rings (SSSR count). The SMILES string of the molecule is Cc1ccc(C)c(N2CC(C(=O)OCC(=O)c3ccc(F)cc3)CC2=O)c1. The minimum absolute atomic E-state index is 0.0525. The zero-order valence-electron chi connectivity index (χ0n) is 15.2. The van der Waals surface area contributed by atoms with Crippen molar-refractivity contribution >= 4 is 23.3 Å². The molecule has 0 spiro atoms. The normalized spacial score (nSPS) is 16.5. The quantitative estimate of drug-likeness (QED) is 0.600. The maximum absolute atomic E-state index is 12.9. The van der Waals surface area contributed by atoms with E-state index in [-0.39, 0.29) is 24.4 Å². The number of hydrogen-bond donors (Lipinski definition) is 0. The van der Waals surface area contributed by atoms with Gasteiger partial charge in [-0.25, -0.2) is 4.39 Å². The minimum Gasteiger partial charge on any atom is -0.457 e. The summed E-state index contributed by atoms with van der Waals surface area (Å²) in [4.78, 5) is 38.3. The Balaban J connectivity index is 1.61. The number of rotatable bonds is 5. The lowest BCUT2D eigenvalue weighted by molar-refractivity contribution is -0.147. The Morgan fingerprint density at radius 2 is 1.85 bits per heavy atom. The number of aryl methyl sites for hydroxylation is 2. The molecule has 5 nitrogen and oxygen atoms in total. The summed E-state index contributed by atoms with van der Waals surface area (Å²) in [5, 5.41) is 0. The van der Waals surface area contributed by atoms with Crippen LogP contribution < -0.4 is 4.90 Å². The van der Waals surface area contributed by atoms with Crippen LogP contribution in [0.5, 0.6) is 0 Å². The Labute approximate surface area is 156 Å². The zero-order chi connectivity index (χ0) is 19.6. The number of esters is 1. The first-order valence-electron chi connectivity index (χ1n) is 8.68. The molecule has 1 unspecified atom stereocenters. The van der Waals surface area contributed by atoms with E-state index in [2.05, 4.69) is 0 Å². The molecule has 27 heavy (non-hydrogen) atoms. The van der Waals surface area contributed by atoms with Gasteiger partial charge in [-0.3, -0.25) is 14.4 Å². The molecule has 2 aromatic carbocycles. The van der Waals surface area contributed by atoms with E-state index in [1.54, 1.807) is 4.90 Å². The van der Waals surface area contributed by atoms with Crippen LogP contribution in [0.2, 0.25) is 0 Å². The fourth-order valence-electron chi connectivity index (χ4n) is 3.08. The largest absolute Gasteiger partial charge is 0.457 e. The third kappa shape index (κ3) is 4.22. The van der Waals surface area contributed by atoms with Crippen LogP contribution in [0.3, 0.4) is 0 Å². The van der Waals surface area contributed by atoms with Crippen LogP contribution in [0.25, 0.3) is 0 Å². The van der Waals surface area contributed by atoms with Crippen molar-refractivity contribution in [2.24, 2.45) is 5.92 Å². The van der Waals surface area contributed by atoms with Gasteiger partial charge in [0.25, 0.3) is 0 Å². The summed E-state index contributed by atoms with van der Waals surface area (Å²) in [7, 11) is 0. The van der Waals surface area contributed by atoms with Gasteiger partial charge < -0.3 is 9.64 Å². The minimum atomic E-state index is -0.613. The molecule has 1 aliphatic heterocycles. The van der Waals surface area contributed by atoms with Crippen LogP contribution in [0.4, 0.5) is 10.1 Å². The number of halogens is 1. The summed E-state index contributed by atoms with van der Waals surface area (Å²) in [6.07, 6.45) is 0.0525. The summed E-state index contributed by atoms with van der Waals surface area (Å²) in [6.45, 7) is 3.65. The molecule has 0 radical (unpaired) electrons. The third-order valence-electron chi connectivity index (χ3n) is 4.63. The van der Waals surface area contributed by atoms with Crippen molar-refractivity contribution < 1.29 is 23.5 Å². The fourth-order valence-corrected chi connectivity index (χ4v) is 3.08. The van der Waals surface area contributed by atoms with E-state index >= 15 is 0 Å². The predicted octanol–water partition coefficient (Wildman–Crippen LogP) is 3.22. The molecule has 1 atom stereocenters. The second-order valence-electron chi connectivity index (χ2n) is 6.73. The number of carbonyl (C=O) groups excluding carboxylic acids is 3. The molecule has 6 heteroatoms. The first kappa shape index (κ1) is 18.8.